The van der Waals surface area contributed by atoms with Crippen molar-refractivity contribution in [1.82, 2.24) is 0 Å². The lowest BCUT2D eigenvalue weighted by Gasteiger charge is -1.98. The average molecular weight is 121 g/mol. The van der Waals surface area contributed by atoms with Crippen molar-refractivity contribution in [3.8, 4) is 0 Å². The van der Waals surface area contributed by atoms with Gasteiger partial charge in [0.1, 0.15) is 5.60 Å². The molecule has 1 fully saturated rings. The van der Waals surface area contributed by atoms with E-state index in [0.29, 0.717) is 5.88 Å². The molecule has 0 amide bonds. The molecule has 42 valence electrons. The van der Waals surface area contributed by atoms with Gasteiger partial charge in [-0.3, -0.25) is 0 Å². The summed E-state index contributed by atoms with van der Waals surface area (Å²) in [4.78, 5) is 0. The fourth-order valence-electron chi connectivity index (χ4n) is 0.478. The SMILES string of the molecule is CC[C@]1(CCl)CO1. The summed E-state index contributed by atoms with van der Waals surface area (Å²) in [6.45, 7) is 2.96. The number of hydrogen-bond acceptors (Lipinski definition) is 1. The lowest BCUT2D eigenvalue weighted by molar-refractivity contribution is 0.320. The Morgan fingerprint density at radius 3 is 2.43 bits per heavy atom. The lowest BCUT2D eigenvalue weighted by atomic mass is 10.1. The molecule has 0 aromatic heterocycles. The highest BCUT2D eigenvalue weighted by Gasteiger charge is 2.41. The quantitative estimate of drug-likeness (QED) is 0.397. The van der Waals surface area contributed by atoms with Crippen molar-refractivity contribution < 1.29 is 4.74 Å². The number of epoxide rings is 1. The maximum absolute atomic E-state index is 5.53. The molecule has 0 N–H and O–H groups in total. The minimum absolute atomic E-state index is 0.0988. The molecule has 0 radical (unpaired) electrons. The van der Waals surface area contributed by atoms with Crippen molar-refractivity contribution in [1.29, 1.82) is 0 Å². The predicted octanol–water partition coefficient (Wildman–Crippen LogP) is 1.40. The van der Waals surface area contributed by atoms with E-state index in [1.165, 1.54) is 0 Å². The van der Waals surface area contributed by atoms with Gasteiger partial charge in [-0.15, -0.1) is 11.6 Å². The highest BCUT2D eigenvalue weighted by molar-refractivity contribution is 6.18. The van der Waals surface area contributed by atoms with Crippen LogP contribution in [0.4, 0.5) is 0 Å². The highest BCUT2D eigenvalue weighted by Crippen LogP contribution is 2.31. The number of hydrogen-bond donors (Lipinski definition) is 0. The van der Waals surface area contributed by atoms with Gasteiger partial charge in [0.15, 0.2) is 0 Å². The maximum Gasteiger partial charge on any atom is 0.105 e. The molecule has 1 saturated heterocycles. The Morgan fingerprint density at radius 1 is 1.86 bits per heavy atom. The van der Waals surface area contributed by atoms with E-state index in [-0.39, 0.29) is 5.60 Å². The summed E-state index contributed by atoms with van der Waals surface area (Å²) in [7, 11) is 0. The summed E-state index contributed by atoms with van der Waals surface area (Å²) in [5.41, 5.74) is 0.0988. The number of halogens is 1. The highest BCUT2D eigenvalue weighted by atomic mass is 35.5. The minimum Gasteiger partial charge on any atom is -0.368 e. The second-order valence-electron chi connectivity index (χ2n) is 1.96. The summed E-state index contributed by atoms with van der Waals surface area (Å²) >= 11 is 5.53. The van der Waals surface area contributed by atoms with Gasteiger partial charge < -0.3 is 4.74 Å². The molecule has 0 bridgehead atoms. The van der Waals surface area contributed by atoms with Gasteiger partial charge >= 0.3 is 0 Å². The van der Waals surface area contributed by atoms with Crippen LogP contribution < -0.4 is 0 Å². The van der Waals surface area contributed by atoms with Crippen molar-refractivity contribution in [3.63, 3.8) is 0 Å². The summed E-state index contributed by atoms with van der Waals surface area (Å²) in [6.07, 6.45) is 1.05. The molecule has 0 aromatic carbocycles. The Bertz CT molecular complexity index is 62.5. The topological polar surface area (TPSA) is 12.5 Å². The monoisotopic (exact) mass is 120 g/mol. The summed E-state index contributed by atoms with van der Waals surface area (Å²) in [5.74, 6) is 0.656. The zero-order chi connectivity index (χ0) is 5.33. The first-order valence-corrected chi connectivity index (χ1v) is 3.06. The molecule has 1 atom stereocenters. The molecule has 1 nitrogen and oxygen atoms in total. The zero-order valence-electron chi connectivity index (χ0n) is 4.41. The number of ether oxygens (including phenoxy) is 1. The fourth-order valence-corrected chi connectivity index (χ4v) is 0.821. The molecule has 7 heavy (non-hydrogen) atoms. The fraction of sp³-hybridized carbons (Fsp3) is 1.00. The largest absolute Gasteiger partial charge is 0.368 e. The smallest absolute Gasteiger partial charge is 0.105 e. The number of rotatable bonds is 2. The first-order valence-electron chi connectivity index (χ1n) is 2.53. The van der Waals surface area contributed by atoms with E-state index in [0.717, 1.165) is 13.0 Å². The molecule has 0 saturated carbocycles. The van der Waals surface area contributed by atoms with Crippen LogP contribution in [-0.4, -0.2) is 18.1 Å². The Kier molecular flexibility index (Phi) is 1.26. The van der Waals surface area contributed by atoms with Gasteiger partial charge in [-0.05, 0) is 6.42 Å². The molecule has 1 aliphatic heterocycles. The summed E-state index contributed by atoms with van der Waals surface area (Å²) in [6, 6.07) is 0. The zero-order valence-corrected chi connectivity index (χ0v) is 5.16. The molecule has 0 unspecified atom stereocenters. The third-order valence-corrected chi connectivity index (χ3v) is 1.93. The summed E-state index contributed by atoms with van der Waals surface area (Å²) < 4.78 is 5.06. The van der Waals surface area contributed by atoms with Crippen LogP contribution in [0.5, 0.6) is 0 Å². The molecular formula is C5H9ClO. The molecule has 1 heterocycles. The first-order chi connectivity index (χ1) is 3.33. The predicted molar refractivity (Wildman–Crippen MR) is 29.7 cm³/mol. The third-order valence-electron chi connectivity index (χ3n) is 1.44. The second-order valence-corrected chi connectivity index (χ2v) is 2.23. The van der Waals surface area contributed by atoms with Crippen LogP contribution in [0.2, 0.25) is 0 Å². The van der Waals surface area contributed by atoms with Crippen LogP contribution in [0.3, 0.4) is 0 Å². The van der Waals surface area contributed by atoms with Crippen molar-refractivity contribution >= 4 is 11.6 Å². The molecule has 2 heteroatoms. The standard InChI is InChI=1S/C5H9ClO/c1-2-5(3-6)4-7-5/h2-4H2,1H3/t5-/m0/s1. The van der Waals surface area contributed by atoms with Gasteiger partial charge in [0.25, 0.3) is 0 Å². The van der Waals surface area contributed by atoms with Crippen LogP contribution in [0.15, 0.2) is 0 Å². The number of alkyl halides is 1. The molecule has 0 aromatic rings. The Balaban J connectivity index is 2.28. The van der Waals surface area contributed by atoms with E-state index in [1.807, 2.05) is 0 Å². The average Bonchev–Trinajstić information content (AvgIpc) is 2.46. The van der Waals surface area contributed by atoms with Gasteiger partial charge in [0, 0.05) is 0 Å². The van der Waals surface area contributed by atoms with E-state index in [9.17, 15) is 0 Å². The molecule has 0 aliphatic carbocycles. The van der Waals surface area contributed by atoms with E-state index in [2.05, 4.69) is 6.92 Å². The van der Waals surface area contributed by atoms with E-state index in [4.69, 9.17) is 16.3 Å². The van der Waals surface area contributed by atoms with Crippen LogP contribution in [0, 0.1) is 0 Å². The molecular weight excluding hydrogens is 112 g/mol. The van der Waals surface area contributed by atoms with E-state index in [1.54, 1.807) is 0 Å². The van der Waals surface area contributed by atoms with Crippen molar-refractivity contribution in [2.45, 2.75) is 18.9 Å². The van der Waals surface area contributed by atoms with Crippen LogP contribution in [-0.2, 0) is 4.74 Å². The Morgan fingerprint density at radius 2 is 2.43 bits per heavy atom. The van der Waals surface area contributed by atoms with E-state index < -0.39 is 0 Å². The third kappa shape index (κ3) is 0.892. The Hall–Kier alpha value is 0.250. The van der Waals surface area contributed by atoms with Gasteiger partial charge in [-0.1, -0.05) is 6.92 Å². The van der Waals surface area contributed by atoms with Crippen molar-refractivity contribution in [2.75, 3.05) is 12.5 Å². The van der Waals surface area contributed by atoms with Crippen LogP contribution >= 0.6 is 11.6 Å². The Labute approximate surface area is 48.6 Å². The van der Waals surface area contributed by atoms with Crippen molar-refractivity contribution in [2.24, 2.45) is 0 Å². The minimum atomic E-state index is 0.0988. The van der Waals surface area contributed by atoms with Gasteiger partial charge in [0.2, 0.25) is 0 Å². The van der Waals surface area contributed by atoms with Gasteiger partial charge in [-0.2, -0.15) is 0 Å². The molecule has 0 spiro atoms. The molecule has 1 aliphatic rings. The van der Waals surface area contributed by atoms with Crippen LogP contribution in [0.1, 0.15) is 13.3 Å². The van der Waals surface area contributed by atoms with E-state index >= 15 is 0 Å². The second kappa shape index (κ2) is 1.64. The van der Waals surface area contributed by atoms with Gasteiger partial charge in [0.05, 0.1) is 12.5 Å². The normalized spacial score (nSPS) is 38.6. The lowest BCUT2D eigenvalue weighted by Crippen LogP contribution is -2.09. The maximum atomic E-state index is 5.53. The molecule has 1 rings (SSSR count). The summed E-state index contributed by atoms with van der Waals surface area (Å²) in [5, 5.41) is 0. The first kappa shape index (κ1) is 5.39. The van der Waals surface area contributed by atoms with Gasteiger partial charge in [-0.25, -0.2) is 0 Å². The van der Waals surface area contributed by atoms with Crippen LogP contribution in [0.25, 0.3) is 0 Å². The van der Waals surface area contributed by atoms with Crippen molar-refractivity contribution in [3.05, 3.63) is 0 Å².